The van der Waals surface area contributed by atoms with Gasteiger partial charge in [0.1, 0.15) is 6.29 Å². The van der Waals surface area contributed by atoms with E-state index in [4.69, 9.17) is 5.11 Å². The van der Waals surface area contributed by atoms with Crippen LogP contribution in [-0.4, -0.2) is 29.3 Å². The summed E-state index contributed by atoms with van der Waals surface area (Å²) in [5.41, 5.74) is 0. The molecule has 0 spiro atoms. The first kappa shape index (κ1) is 14.6. The Hall–Kier alpha value is -1.39. The van der Waals surface area contributed by atoms with Crippen molar-refractivity contribution in [3.05, 3.63) is 0 Å². The summed E-state index contributed by atoms with van der Waals surface area (Å²) in [6, 6.07) is -0.922. The van der Waals surface area contributed by atoms with Gasteiger partial charge in [0.15, 0.2) is 0 Å². The Kier molecular flexibility index (Phi) is 7.16. The van der Waals surface area contributed by atoms with E-state index in [1.165, 1.54) is 0 Å². The first-order chi connectivity index (χ1) is 7.51. The number of carbonyl (C=O) groups excluding carboxylic acids is 2. The topological polar surface area (TPSA) is 83.5 Å². The molecule has 5 nitrogen and oxygen atoms in total. The lowest BCUT2D eigenvalue weighted by Crippen LogP contribution is -2.40. The highest BCUT2D eigenvalue weighted by Gasteiger charge is 2.18. The van der Waals surface area contributed by atoms with Crippen molar-refractivity contribution in [3.63, 3.8) is 0 Å². The van der Waals surface area contributed by atoms with Crippen molar-refractivity contribution >= 4 is 18.2 Å². The van der Waals surface area contributed by atoms with Crippen LogP contribution in [0.15, 0.2) is 0 Å². The molecule has 0 saturated carbocycles. The van der Waals surface area contributed by atoms with Crippen molar-refractivity contribution in [1.29, 1.82) is 0 Å². The molecule has 92 valence electrons. The van der Waals surface area contributed by atoms with E-state index in [1.807, 2.05) is 6.92 Å². The fourth-order valence-corrected chi connectivity index (χ4v) is 1.29. The average Bonchev–Trinajstić information content (AvgIpc) is 2.23. The number of carboxylic acid groups (broad SMARTS) is 1. The van der Waals surface area contributed by atoms with E-state index in [0.29, 0.717) is 6.29 Å². The van der Waals surface area contributed by atoms with E-state index in [-0.39, 0.29) is 18.2 Å². The van der Waals surface area contributed by atoms with Crippen LogP contribution in [0.3, 0.4) is 0 Å². The van der Waals surface area contributed by atoms with Gasteiger partial charge in [-0.3, -0.25) is 9.59 Å². The van der Waals surface area contributed by atoms with Crippen LogP contribution in [0.1, 0.15) is 39.5 Å². The first-order valence-electron chi connectivity index (χ1n) is 5.48. The number of carboxylic acids is 1. The van der Waals surface area contributed by atoms with Gasteiger partial charge in [0, 0.05) is 5.92 Å². The summed E-state index contributed by atoms with van der Waals surface area (Å²) in [5, 5.41) is 10.9. The smallest absolute Gasteiger partial charge is 0.305 e. The summed E-state index contributed by atoms with van der Waals surface area (Å²) in [6.45, 7) is 3.80. The Labute approximate surface area is 95.2 Å². The molecular formula is C11H19NO4. The van der Waals surface area contributed by atoms with Crippen molar-refractivity contribution in [1.82, 2.24) is 5.32 Å². The zero-order valence-corrected chi connectivity index (χ0v) is 9.73. The summed E-state index contributed by atoms with van der Waals surface area (Å²) in [5.74, 6) is -1.54. The van der Waals surface area contributed by atoms with Crippen molar-refractivity contribution in [2.75, 3.05) is 0 Å². The first-order valence-corrected chi connectivity index (χ1v) is 5.48. The molecule has 0 aliphatic rings. The highest BCUT2D eigenvalue weighted by Crippen LogP contribution is 2.07. The molecule has 0 aromatic rings. The van der Waals surface area contributed by atoms with E-state index >= 15 is 0 Å². The van der Waals surface area contributed by atoms with Gasteiger partial charge in [-0.1, -0.05) is 26.7 Å². The number of rotatable bonds is 8. The van der Waals surface area contributed by atoms with Gasteiger partial charge in [0.25, 0.3) is 0 Å². The van der Waals surface area contributed by atoms with Gasteiger partial charge in [-0.15, -0.1) is 0 Å². The lowest BCUT2D eigenvalue weighted by molar-refractivity contribution is -0.139. The number of unbranched alkanes of at least 4 members (excludes halogenated alkanes) is 1. The van der Waals surface area contributed by atoms with Crippen LogP contribution in [0.5, 0.6) is 0 Å². The maximum absolute atomic E-state index is 11.5. The van der Waals surface area contributed by atoms with Crippen molar-refractivity contribution in [3.8, 4) is 0 Å². The highest BCUT2D eigenvalue weighted by atomic mass is 16.4. The van der Waals surface area contributed by atoms with Gasteiger partial charge in [0.2, 0.25) is 5.91 Å². The summed E-state index contributed by atoms with van der Waals surface area (Å²) in [7, 11) is 0. The lowest BCUT2D eigenvalue weighted by atomic mass is 10.0. The Balaban J connectivity index is 4.08. The number of carbonyl (C=O) groups is 3. The largest absolute Gasteiger partial charge is 0.481 e. The van der Waals surface area contributed by atoms with Gasteiger partial charge in [-0.2, -0.15) is 0 Å². The number of hydrogen-bond donors (Lipinski definition) is 2. The molecule has 0 bridgehead atoms. The van der Waals surface area contributed by atoms with Gasteiger partial charge in [-0.05, 0) is 6.42 Å². The number of nitrogens with one attached hydrogen (secondary N) is 1. The van der Waals surface area contributed by atoms with Crippen molar-refractivity contribution in [2.24, 2.45) is 5.92 Å². The van der Waals surface area contributed by atoms with E-state index < -0.39 is 12.0 Å². The molecule has 0 radical (unpaired) electrons. The van der Waals surface area contributed by atoms with E-state index in [0.717, 1.165) is 19.3 Å². The van der Waals surface area contributed by atoms with Crippen molar-refractivity contribution < 1.29 is 19.5 Å². The van der Waals surface area contributed by atoms with E-state index in [2.05, 4.69) is 5.32 Å². The lowest BCUT2D eigenvalue weighted by Gasteiger charge is -2.15. The third-order valence-corrected chi connectivity index (χ3v) is 2.32. The summed E-state index contributed by atoms with van der Waals surface area (Å²) < 4.78 is 0. The van der Waals surface area contributed by atoms with Crippen LogP contribution in [0.2, 0.25) is 0 Å². The Morgan fingerprint density at radius 2 is 2.06 bits per heavy atom. The molecule has 1 unspecified atom stereocenters. The second kappa shape index (κ2) is 7.84. The third kappa shape index (κ3) is 6.16. The summed E-state index contributed by atoms with van der Waals surface area (Å²) >= 11 is 0. The van der Waals surface area contributed by atoms with E-state index in [9.17, 15) is 14.4 Å². The van der Waals surface area contributed by atoms with Crippen molar-refractivity contribution in [2.45, 2.75) is 45.6 Å². The molecule has 2 atom stereocenters. The molecule has 0 aliphatic heterocycles. The molecule has 0 aliphatic carbocycles. The van der Waals surface area contributed by atoms with Crippen LogP contribution in [0, 0.1) is 5.92 Å². The molecule has 5 heteroatoms. The SMILES string of the molecule is CCCC[C@H](C)C(=O)NC(C=O)CC(=O)O. The maximum Gasteiger partial charge on any atom is 0.305 e. The minimum atomic E-state index is -1.10. The Morgan fingerprint density at radius 1 is 1.44 bits per heavy atom. The molecule has 16 heavy (non-hydrogen) atoms. The second-order valence-electron chi connectivity index (χ2n) is 3.89. The quantitative estimate of drug-likeness (QED) is 0.607. The molecule has 0 aromatic carbocycles. The van der Waals surface area contributed by atoms with Gasteiger partial charge >= 0.3 is 5.97 Å². The molecule has 2 N–H and O–H groups in total. The van der Waals surface area contributed by atoms with Gasteiger partial charge in [-0.25, -0.2) is 0 Å². The summed E-state index contributed by atoms with van der Waals surface area (Å²) in [4.78, 5) is 32.5. The fraction of sp³-hybridized carbons (Fsp3) is 0.727. The summed E-state index contributed by atoms with van der Waals surface area (Å²) in [6.07, 6.45) is 2.79. The normalized spacial score (nSPS) is 13.9. The zero-order valence-electron chi connectivity index (χ0n) is 9.73. The van der Waals surface area contributed by atoms with Crippen LogP contribution in [0.4, 0.5) is 0 Å². The van der Waals surface area contributed by atoms with Crippen LogP contribution in [0.25, 0.3) is 0 Å². The monoisotopic (exact) mass is 229 g/mol. The van der Waals surface area contributed by atoms with Crippen LogP contribution < -0.4 is 5.32 Å². The molecule has 0 saturated heterocycles. The molecule has 0 fully saturated rings. The maximum atomic E-state index is 11.5. The number of aliphatic carboxylic acids is 1. The van der Waals surface area contributed by atoms with Crippen LogP contribution in [-0.2, 0) is 14.4 Å². The average molecular weight is 229 g/mol. The van der Waals surface area contributed by atoms with Gasteiger partial charge in [0.05, 0.1) is 12.5 Å². The fourth-order valence-electron chi connectivity index (χ4n) is 1.29. The Bertz CT molecular complexity index is 252. The minimum absolute atomic E-state index is 0.184. The predicted octanol–water partition coefficient (Wildman–Crippen LogP) is 0.971. The molecule has 1 amide bonds. The molecule has 0 heterocycles. The third-order valence-electron chi connectivity index (χ3n) is 2.32. The molecule has 0 aromatic heterocycles. The van der Waals surface area contributed by atoms with Crippen LogP contribution >= 0.6 is 0 Å². The molecule has 0 rings (SSSR count). The Morgan fingerprint density at radius 3 is 2.50 bits per heavy atom. The van der Waals surface area contributed by atoms with Gasteiger partial charge < -0.3 is 15.2 Å². The van der Waals surface area contributed by atoms with E-state index in [1.54, 1.807) is 6.92 Å². The number of hydrogen-bond acceptors (Lipinski definition) is 3. The highest BCUT2D eigenvalue weighted by molar-refractivity contribution is 5.83. The number of aldehydes is 1. The standard InChI is InChI=1S/C11H19NO4/c1-3-4-5-8(2)11(16)12-9(7-13)6-10(14)15/h7-9H,3-6H2,1-2H3,(H,12,16)(H,14,15)/t8-,9?/m0/s1. The zero-order chi connectivity index (χ0) is 12.6. The molecular weight excluding hydrogens is 210 g/mol. The predicted molar refractivity (Wildman–Crippen MR) is 58.9 cm³/mol. The second-order valence-corrected chi connectivity index (χ2v) is 3.89. The minimum Gasteiger partial charge on any atom is -0.481 e. The number of amides is 1.